The lowest BCUT2D eigenvalue weighted by Gasteiger charge is -2.04. The van der Waals surface area contributed by atoms with Gasteiger partial charge in [-0.25, -0.2) is 4.98 Å². The minimum Gasteiger partial charge on any atom is -0.355 e. The van der Waals surface area contributed by atoms with Gasteiger partial charge >= 0.3 is 0 Å². The van der Waals surface area contributed by atoms with Gasteiger partial charge in [0.1, 0.15) is 0 Å². The van der Waals surface area contributed by atoms with Crippen LogP contribution < -0.4 is 5.32 Å². The Kier molecular flexibility index (Phi) is 2.94. The van der Waals surface area contributed by atoms with Crippen LogP contribution in [0.5, 0.6) is 0 Å². The number of rotatable bonds is 4. The van der Waals surface area contributed by atoms with Crippen molar-refractivity contribution in [2.24, 2.45) is 14.1 Å². The molecule has 5 heteroatoms. The van der Waals surface area contributed by atoms with E-state index in [0.29, 0.717) is 0 Å². The number of aryl methyl sites for hydroxylation is 3. The van der Waals surface area contributed by atoms with Gasteiger partial charge < -0.3 is 9.88 Å². The third-order valence-electron chi connectivity index (χ3n) is 2.45. The van der Waals surface area contributed by atoms with Crippen molar-refractivity contribution in [2.75, 3.05) is 11.9 Å². The lowest BCUT2D eigenvalue weighted by molar-refractivity contribution is 0.766. The van der Waals surface area contributed by atoms with Gasteiger partial charge in [0.15, 0.2) is 0 Å². The normalized spacial score (nSPS) is 10.7. The van der Waals surface area contributed by atoms with Crippen LogP contribution in [-0.4, -0.2) is 25.9 Å². The molecular formula is C11H17N5. The SMILES string of the molecule is Cc1cn(C)c(NCCc2cnn(C)c2)n1. The van der Waals surface area contributed by atoms with E-state index < -0.39 is 0 Å². The molecule has 0 aliphatic rings. The second-order valence-corrected chi connectivity index (χ2v) is 4.02. The van der Waals surface area contributed by atoms with Gasteiger partial charge in [0.2, 0.25) is 5.95 Å². The monoisotopic (exact) mass is 219 g/mol. The molecule has 5 nitrogen and oxygen atoms in total. The topological polar surface area (TPSA) is 47.7 Å². The summed E-state index contributed by atoms with van der Waals surface area (Å²) in [6, 6.07) is 0. The Morgan fingerprint density at radius 3 is 2.69 bits per heavy atom. The second kappa shape index (κ2) is 4.38. The lowest BCUT2D eigenvalue weighted by Crippen LogP contribution is -2.08. The summed E-state index contributed by atoms with van der Waals surface area (Å²) in [6.07, 6.45) is 6.89. The third kappa shape index (κ3) is 2.42. The zero-order valence-electron chi connectivity index (χ0n) is 9.94. The van der Waals surface area contributed by atoms with Gasteiger partial charge in [-0.3, -0.25) is 4.68 Å². The largest absolute Gasteiger partial charge is 0.355 e. The van der Waals surface area contributed by atoms with Crippen LogP contribution in [0, 0.1) is 6.92 Å². The summed E-state index contributed by atoms with van der Waals surface area (Å²) < 4.78 is 3.82. The Hall–Kier alpha value is -1.78. The molecule has 0 saturated heterocycles. The summed E-state index contributed by atoms with van der Waals surface area (Å²) in [5.41, 5.74) is 2.27. The fourth-order valence-electron chi connectivity index (χ4n) is 1.70. The van der Waals surface area contributed by atoms with Crippen molar-refractivity contribution in [2.45, 2.75) is 13.3 Å². The van der Waals surface area contributed by atoms with Crippen LogP contribution in [0.25, 0.3) is 0 Å². The maximum atomic E-state index is 4.38. The molecule has 0 bridgehead atoms. The van der Waals surface area contributed by atoms with Crippen molar-refractivity contribution in [3.8, 4) is 0 Å². The van der Waals surface area contributed by atoms with E-state index in [0.717, 1.165) is 24.6 Å². The fourth-order valence-corrected chi connectivity index (χ4v) is 1.70. The van der Waals surface area contributed by atoms with Crippen molar-refractivity contribution < 1.29 is 0 Å². The average molecular weight is 219 g/mol. The minimum atomic E-state index is 0.871. The molecule has 2 aromatic rings. The molecule has 0 radical (unpaired) electrons. The van der Waals surface area contributed by atoms with Gasteiger partial charge in [-0.2, -0.15) is 5.10 Å². The first kappa shape index (κ1) is 10.7. The number of hydrogen-bond donors (Lipinski definition) is 1. The van der Waals surface area contributed by atoms with Crippen LogP contribution in [0.4, 0.5) is 5.95 Å². The van der Waals surface area contributed by atoms with Crippen LogP contribution in [0.15, 0.2) is 18.6 Å². The Morgan fingerprint density at radius 2 is 2.12 bits per heavy atom. The molecule has 0 aliphatic carbocycles. The number of nitrogens with zero attached hydrogens (tertiary/aromatic N) is 4. The molecule has 0 fully saturated rings. The van der Waals surface area contributed by atoms with E-state index in [4.69, 9.17) is 0 Å². The Balaban J connectivity index is 1.86. The van der Waals surface area contributed by atoms with Crippen LogP contribution in [0.1, 0.15) is 11.3 Å². The van der Waals surface area contributed by atoms with Crippen molar-refractivity contribution in [3.05, 3.63) is 29.8 Å². The molecule has 2 heterocycles. The van der Waals surface area contributed by atoms with E-state index in [1.54, 1.807) is 0 Å². The molecule has 0 amide bonds. The molecule has 2 rings (SSSR count). The van der Waals surface area contributed by atoms with Crippen LogP contribution in [-0.2, 0) is 20.5 Å². The van der Waals surface area contributed by atoms with Crippen molar-refractivity contribution in [1.82, 2.24) is 19.3 Å². The number of aromatic nitrogens is 4. The maximum absolute atomic E-state index is 4.38. The molecule has 0 unspecified atom stereocenters. The molecule has 86 valence electrons. The van der Waals surface area contributed by atoms with E-state index in [9.17, 15) is 0 Å². The van der Waals surface area contributed by atoms with Crippen LogP contribution in [0.3, 0.4) is 0 Å². The molecule has 1 N–H and O–H groups in total. The second-order valence-electron chi connectivity index (χ2n) is 4.02. The molecule has 0 atom stereocenters. The van der Waals surface area contributed by atoms with Gasteiger partial charge in [0.25, 0.3) is 0 Å². The van der Waals surface area contributed by atoms with Crippen LogP contribution >= 0.6 is 0 Å². The first-order chi connectivity index (χ1) is 7.65. The van der Waals surface area contributed by atoms with E-state index in [1.807, 2.05) is 48.9 Å². The highest BCUT2D eigenvalue weighted by Crippen LogP contribution is 2.06. The maximum Gasteiger partial charge on any atom is 0.202 e. The molecular weight excluding hydrogens is 202 g/mol. The minimum absolute atomic E-state index is 0.871. The number of anilines is 1. The lowest BCUT2D eigenvalue weighted by atomic mass is 10.2. The molecule has 0 aromatic carbocycles. The molecule has 16 heavy (non-hydrogen) atoms. The Morgan fingerprint density at radius 1 is 1.31 bits per heavy atom. The summed E-state index contributed by atoms with van der Waals surface area (Å²) in [4.78, 5) is 4.38. The Bertz CT molecular complexity index is 468. The summed E-state index contributed by atoms with van der Waals surface area (Å²) in [5, 5.41) is 7.44. The van der Waals surface area contributed by atoms with Crippen molar-refractivity contribution in [3.63, 3.8) is 0 Å². The van der Waals surface area contributed by atoms with Gasteiger partial charge in [-0.05, 0) is 18.9 Å². The number of imidazole rings is 1. The predicted molar refractivity (Wildman–Crippen MR) is 63.3 cm³/mol. The van der Waals surface area contributed by atoms with Gasteiger partial charge in [0, 0.05) is 33.0 Å². The quantitative estimate of drug-likeness (QED) is 0.838. The van der Waals surface area contributed by atoms with Crippen molar-refractivity contribution >= 4 is 5.95 Å². The number of nitrogens with one attached hydrogen (secondary N) is 1. The summed E-state index contributed by atoms with van der Waals surface area (Å²) in [7, 11) is 3.92. The van der Waals surface area contributed by atoms with E-state index in [2.05, 4.69) is 15.4 Å². The first-order valence-corrected chi connectivity index (χ1v) is 5.36. The van der Waals surface area contributed by atoms with E-state index in [1.165, 1.54) is 5.56 Å². The average Bonchev–Trinajstić information content (AvgIpc) is 2.74. The fraction of sp³-hybridized carbons (Fsp3) is 0.455. The van der Waals surface area contributed by atoms with Gasteiger partial charge in [-0.15, -0.1) is 0 Å². The highest BCUT2D eigenvalue weighted by molar-refractivity contribution is 5.28. The summed E-state index contributed by atoms with van der Waals surface area (Å²) in [5.74, 6) is 0.918. The standard InChI is InChI=1S/C11H17N5/c1-9-7-15(2)11(14-9)12-5-4-10-6-13-16(3)8-10/h6-8H,4-5H2,1-3H3,(H,12,14). The zero-order chi connectivity index (χ0) is 11.5. The smallest absolute Gasteiger partial charge is 0.202 e. The third-order valence-corrected chi connectivity index (χ3v) is 2.45. The van der Waals surface area contributed by atoms with Crippen molar-refractivity contribution in [1.29, 1.82) is 0 Å². The highest BCUT2D eigenvalue weighted by atomic mass is 15.2. The van der Waals surface area contributed by atoms with E-state index >= 15 is 0 Å². The van der Waals surface area contributed by atoms with E-state index in [-0.39, 0.29) is 0 Å². The molecule has 0 spiro atoms. The summed E-state index contributed by atoms with van der Waals surface area (Å²) in [6.45, 7) is 2.86. The highest BCUT2D eigenvalue weighted by Gasteiger charge is 2.01. The summed E-state index contributed by atoms with van der Waals surface area (Å²) >= 11 is 0. The number of hydrogen-bond acceptors (Lipinski definition) is 3. The Labute approximate surface area is 95.1 Å². The first-order valence-electron chi connectivity index (χ1n) is 5.36. The van der Waals surface area contributed by atoms with Gasteiger partial charge in [0.05, 0.1) is 11.9 Å². The van der Waals surface area contributed by atoms with Crippen LogP contribution in [0.2, 0.25) is 0 Å². The molecule has 0 saturated carbocycles. The molecule has 2 aromatic heterocycles. The zero-order valence-corrected chi connectivity index (χ0v) is 9.94. The molecule has 0 aliphatic heterocycles. The predicted octanol–water partition coefficient (Wildman–Crippen LogP) is 1.12. The van der Waals surface area contributed by atoms with Gasteiger partial charge in [-0.1, -0.05) is 0 Å².